The summed E-state index contributed by atoms with van der Waals surface area (Å²) < 4.78 is 0. The van der Waals surface area contributed by atoms with Gasteiger partial charge in [-0.05, 0) is 30.5 Å². The zero-order valence-corrected chi connectivity index (χ0v) is 13.7. The second-order valence-corrected chi connectivity index (χ2v) is 6.69. The molecule has 1 aromatic rings. The molecule has 1 aromatic carbocycles. The fourth-order valence-corrected chi connectivity index (χ4v) is 3.91. The van der Waals surface area contributed by atoms with Gasteiger partial charge in [0.1, 0.15) is 11.8 Å². The largest absolute Gasteiger partial charge is 0.508 e. The molecule has 2 N–H and O–H groups in total. The van der Waals surface area contributed by atoms with Crippen molar-refractivity contribution in [1.29, 1.82) is 0 Å². The highest BCUT2D eigenvalue weighted by atomic mass is 16.4. The number of aromatic hydroxyl groups is 1. The number of carboxylic acid groups (broad SMARTS) is 1. The first-order valence-electron chi connectivity index (χ1n) is 8.61. The number of hydrogen-bond donors (Lipinski definition) is 2. The summed E-state index contributed by atoms with van der Waals surface area (Å²) in [5.74, 6) is -0.954. The Morgan fingerprint density at radius 3 is 2.54 bits per heavy atom. The second kappa shape index (κ2) is 7.21. The van der Waals surface area contributed by atoms with E-state index in [0.29, 0.717) is 24.7 Å². The summed E-state index contributed by atoms with van der Waals surface area (Å²) >= 11 is 0. The Bertz CT molecular complexity index is 613. The summed E-state index contributed by atoms with van der Waals surface area (Å²) in [4.78, 5) is 28.0. The molecule has 1 heterocycles. The molecule has 1 amide bonds. The quantitative estimate of drug-likeness (QED) is 0.881. The van der Waals surface area contributed by atoms with Gasteiger partial charge in [0, 0.05) is 19.1 Å². The van der Waals surface area contributed by atoms with Gasteiger partial charge in [0.05, 0.1) is 6.54 Å². The molecule has 1 unspecified atom stereocenters. The SMILES string of the molecule is O=C(O)C(c1cccc(O)c1)N1CCN(C2CCCCC2)C(=O)C1. The topological polar surface area (TPSA) is 81.1 Å². The lowest BCUT2D eigenvalue weighted by atomic mass is 9.93. The molecule has 2 aliphatic rings. The minimum atomic E-state index is -1.00. The lowest BCUT2D eigenvalue weighted by Gasteiger charge is -2.42. The van der Waals surface area contributed by atoms with Crippen LogP contribution in [0.1, 0.15) is 43.7 Å². The Morgan fingerprint density at radius 2 is 1.92 bits per heavy atom. The van der Waals surface area contributed by atoms with Crippen LogP contribution in [0.5, 0.6) is 5.75 Å². The van der Waals surface area contributed by atoms with Crippen LogP contribution in [0.4, 0.5) is 0 Å². The van der Waals surface area contributed by atoms with Gasteiger partial charge in [-0.2, -0.15) is 0 Å². The fourth-order valence-electron chi connectivity index (χ4n) is 3.91. The lowest BCUT2D eigenvalue weighted by molar-refractivity contribution is -0.149. The normalized spacial score (nSPS) is 21.7. The van der Waals surface area contributed by atoms with Crippen molar-refractivity contribution in [1.82, 2.24) is 9.80 Å². The standard InChI is InChI=1S/C18H24N2O4/c21-15-8-4-5-13(11-15)17(18(23)24)19-9-10-20(16(22)12-19)14-6-2-1-3-7-14/h4-5,8,11,14,17,21H,1-3,6-7,9-10,12H2,(H,23,24). The zero-order chi connectivity index (χ0) is 17.1. The molecule has 0 bridgehead atoms. The maximum absolute atomic E-state index is 12.6. The predicted octanol–water partition coefficient (Wildman–Crippen LogP) is 1.99. The number of nitrogens with zero attached hydrogens (tertiary/aromatic N) is 2. The van der Waals surface area contributed by atoms with Gasteiger partial charge in [0.15, 0.2) is 0 Å². The van der Waals surface area contributed by atoms with E-state index in [-0.39, 0.29) is 18.2 Å². The molecule has 0 aromatic heterocycles. The number of carbonyl (C=O) groups excluding carboxylic acids is 1. The van der Waals surface area contributed by atoms with Crippen LogP contribution in [0.2, 0.25) is 0 Å². The van der Waals surface area contributed by atoms with Gasteiger partial charge in [-0.1, -0.05) is 31.4 Å². The van der Waals surface area contributed by atoms with E-state index in [1.807, 2.05) is 4.90 Å². The highest BCUT2D eigenvalue weighted by Crippen LogP contribution is 2.28. The van der Waals surface area contributed by atoms with Gasteiger partial charge in [0.25, 0.3) is 0 Å². The van der Waals surface area contributed by atoms with Crippen molar-refractivity contribution in [2.75, 3.05) is 19.6 Å². The summed E-state index contributed by atoms with van der Waals surface area (Å²) in [5, 5.41) is 19.2. The van der Waals surface area contributed by atoms with Crippen LogP contribution >= 0.6 is 0 Å². The van der Waals surface area contributed by atoms with E-state index in [0.717, 1.165) is 12.8 Å². The predicted molar refractivity (Wildman–Crippen MR) is 88.6 cm³/mol. The lowest BCUT2D eigenvalue weighted by Crippen LogP contribution is -2.55. The molecule has 1 atom stereocenters. The van der Waals surface area contributed by atoms with E-state index in [4.69, 9.17) is 0 Å². The number of phenols is 1. The number of amides is 1. The van der Waals surface area contributed by atoms with Crippen LogP contribution in [-0.2, 0) is 9.59 Å². The number of aliphatic carboxylic acids is 1. The van der Waals surface area contributed by atoms with E-state index in [1.54, 1.807) is 17.0 Å². The molecular formula is C18H24N2O4. The van der Waals surface area contributed by atoms with Crippen LogP contribution in [0.3, 0.4) is 0 Å². The molecule has 24 heavy (non-hydrogen) atoms. The summed E-state index contributed by atoms with van der Waals surface area (Å²) in [6, 6.07) is 5.68. The first kappa shape index (κ1) is 16.8. The van der Waals surface area contributed by atoms with Crippen molar-refractivity contribution in [3.63, 3.8) is 0 Å². The van der Waals surface area contributed by atoms with Gasteiger partial charge in [0.2, 0.25) is 5.91 Å². The second-order valence-electron chi connectivity index (χ2n) is 6.69. The van der Waals surface area contributed by atoms with Crippen LogP contribution in [0, 0.1) is 0 Å². The molecule has 0 radical (unpaired) electrons. The first-order valence-corrected chi connectivity index (χ1v) is 8.61. The Hall–Kier alpha value is -2.08. The number of phenolic OH excluding ortho intramolecular Hbond substituents is 1. The third-order valence-corrected chi connectivity index (χ3v) is 5.09. The Morgan fingerprint density at radius 1 is 1.17 bits per heavy atom. The van der Waals surface area contributed by atoms with Crippen molar-refractivity contribution >= 4 is 11.9 Å². The van der Waals surface area contributed by atoms with Crippen LogP contribution in [0.25, 0.3) is 0 Å². The number of benzene rings is 1. The number of rotatable bonds is 4. The van der Waals surface area contributed by atoms with Crippen molar-refractivity contribution in [3.05, 3.63) is 29.8 Å². The van der Waals surface area contributed by atoms with E-state index >= 15 is 0 Å². The number of piperazine rings is 1. The van der Waals surface area contributed by atoms with Gasteiger partial charge in [-0.15, -0.1) is 0 Å². The molecule has 6 nitrogen and oxygen atoms in total. The minimum Gasteiger partial charge on any atom is -0.508 e. The van der Waals surface area contributed by atoms with Gasteiger partial charge in [-0.25, -0.2) is 0 Å². The van der Waals surface area contributed by atoms with E-state index in [1.165, 1.54) is 31.4 Å². The summed E-state index contributed by atoms with van der Waals surface area (Å²) in [5.41, 5.74) is 0.501. The zero-order valence-electron chi connectivity index (χ0n) is 13.7. The molecule has 130 valence electrons. The van der Waals surface area contributed by atoms with Crippen molar-refractivity contribution < 1.29 is 19.8 Å². The Kier molecular flexibility index (Phi) is 5.04. The first-order chi connectivity index (χ1) is 11.6. The molecule has 1 saturated carbocycles. The summed E-state index contributed by atoms with van der Waals surface area (Å²) in [7, 11) is 0. The number of hydrogen-bond acceptors (Lipinski definition) is 4. The van der Waals surface area contributed by atoms with Gasteiger partial charge in [-0.3, -0.25) is 14.5 Å². The molecule has 1 aliphatic carbocycles. The van der Waals surface area contributed by atoms with Crippen LogP contribution < -0.4 is 0 Å². The Labute approximate surface area is 141 Å². The average Bonchev–Trinajstić information content (AvgIpc) is 2.56. The molecule has 1 saturated heterocycles. The van der Waals surface area contributed by atoms with Crippen LogP contribution in [0.15, 0.2) is 24.3 Å². The molecule has 1 aliphatic heterocycles. The molecule has 6 heteroatoms. The third kappa shape index (κ3) is 3.53. The van der Waals surface area contributed by atoms with Crippen LogP contribution in [-0.4, -0.2) is 57.6 Å². The molecule has 3 rings (SSSR count). The van der Waals surface area contributed by atoms with E-state index < -0.39 is 12.0 Å². The number of carboxylic acids is 1. The smallest absolute Gasteiger partial charge is 0.325 e. The van der Waals surface area contributed by atoms with Crippen molar-refractivity contribution in [2.45, 2.75) is 44.2 Å². The molecular weight excluding hydrogens is 308 g/mol. The third-order valence-electron chi connectivity index (χ3n) is 5.09. The summed E-state index contributed by atoms with van der Waals surface area (Å²) in [6.07, 6.45) is 5.68. The molecule has 2 fully saturated rings. The monoisotopic (exact) mass is 332 g/mol. The average molecular weight is 332 g/mol. The maximum Gasteiger partial charge on any atom is 0.325 e. The number of carbonyl (C=O) groups is 2. The molecule has 0 spiro atoms. The maximum atomic E-state index is 12.6. The van der Waals surface area contributed by atoms with E-state index in [9.17, 15) is 19.8 Å². The fraction of sp³-hybridized carbons (Fsp3) is 0.556. The highest BCUT2D eigenvalue weighted by molar-refractivity contribution is 5.82. The summed E-state index contributed by atoms with van der Waals surface area (Å²) in [6.45, 7) is 1.23. The van der Waals surface area contributed by atoms with Crippen molar-refractivity contribution in [2.24, 2.45) is 0 Å². The van der Waals surface area contributed by atoms with Gasteiger partial charge >= 0.3 is 5.97 Å². The van der Waals surface area contributed by atoms with Crippen molar-refractivity contribution in [3.8, 4) is 5.75 Å². The Balaban J connectivity index is 1.72. The minimum absolute atomic E-state index is 0.0135. The van der Waals surface area contributed by atoms with E-state index in [2.05, 4.69) is 0 Å². The van der Waals surface area contributed by atoms with Gasteiger partial charge < -0.3 is 15.1 Å². The highest BCUT2D eigenvalue weighted by Gasteiger charge is 2.36.